The van der Waals surface area contributed by atoms with Crippen LogP contribution in [0.1, 0.15) is 70.4 Å². The van der Waals surface area contributed by atoms with Crippen LogP contribution in [-0.4, -0.2) is 13.1 Å². The zero-order valence-electron chi connectivity index (χ0n) is 17.7. The van der Waals surface area contributed by atoms with Gasteiger partial charge in [-0.2, -0.15) is 5.26 Å². The van der Waals surface area contributed by atoms with E-state index in [0.29, 0.717) is 5.92 Å². The van der Waals surface area contributed by atoms with E-state index >= 15 is 0 Å². The number of nitrogens with zero attached hydrogens (tertiary/aromatic N) is 2. The van der Waals surface area contributed by atoms with Crippen molar-refractivity contribution in [3.63, 3.8) is 0 Å². The van der Waals surface area contributed by atoms with Crippen molar-refractivity contribution in [3.8, 4) is 16.5 Å². The van der Waals surface area contributed by atoms with E-state index in [2.05, 4.69) is 74.4 Å². The first-order valence-electron chi connectivity index (χ1n) is 10.5. The molecule has 1 aromatic carbocycles. The standard InChI is InChI=1S/C25H32N2S/c1-18(2)7-5-8-20(4)22-15-21(17-26)24(27-12-10-19(3)11-13-27)16-23(22)25-9-6-14-28-25/h6-7,9,14-16,19-20H,5,8,10-13H2,1-4H3/t20-/m0/s1. The van der Waals surface area contributed by atoms with Crippen LogP contribution in [0.4, 0.5) is 5.69 Å². The largest absolute Gasteiger partial charge is 0.370 e. The predicted molar refractivity (Wildman–Crippen MR) is 122 cm³/mol. The Morgan fingerprint density at radius 2 is 2.07 bits per heavy atom. The molecule has 3 heteroatoms. The Labute approximate surface area is 174 Å². The lowest BCUT2D eigenvalue weighted by molar-refractivity contribution is 0.438. The molecule has 1 aromatic heterocycles. The van der Waals surface area contributed by atoms with Crippen LogP contribution in [0.25, 0.3) is 10.4 Å². The van der Waals surface area contributed by atoms with Crippen LogP contribution in [0.15, 0.2) is 41.3 Å². The minimum atomic E-state index is 0.426. The number of rotatable bonds is 6. The number of nitriles is 1. The fourth-order valence-electron chi connectivity index (χ4n) is 4.04. The molecule has 0 radical (unpaired) electrons. The summed E-state index contributed by atoms with van der Waals surface area (Å²) in [5.41, 5.74) is 5.96. The summed E-state index contributed by atoms with van der Waals surface area (Å²) in [5, 5.41) is 12.0. The second-order valence-corrected chi connectivity index (χ2v) is 9.42. The molecule has 0 aliphatic carbocycles. The van der Waals surface area contributed by atoms with E-state index < -0.39 is 0 Å². The van der Waals surface area contributed by atoms with Gasteiger partial charge in [-0.25, -0.2) is 0 Å². The third kappa shape index (κ3) is 4.86. The summed E-state index contributed by atoms with van der Waals surface area (Å²) in [5.74, 6) is 1.21. The summed E-state index contributed by atoms with van der Waals surface area (Å²) in [6.45, 7) is 11.0. The Kier molecular flexibility index (Phi) is 6.97. The second kappa shape index (κ2) is 9.43. The monoisotopic (exact) mass is 392 g/mol. The number of piperidine rings is 1. The number of benzene rings is 1. The van der Waals surface area contributed by atoms with Gasteiger partial charge in [0.15, 0.2) is 0 Å². The Balaban J connectivity index is 1.99. The SMILES string of the molecule is CC(C)=CCC[C@H](C)c1cc(C#N)c(N2CCC(C)CC2)cc1-c1cccs1. The van der Waals surface area contributed by atoms with Crippen molar-refractivity contribution in [2.24, 2.45) is 5.92 Å². The highest BCUT2D eigenvalue weighted by molar-refractivity contribution is 7.13. The van der Waals surface area contributed by atoms with Gasteiger partial charge in [0.2, 0.25) is 0 Å². The molecule has 0 unspecified atom stereocenters. The first-order chi connectivity index (χ1) is 13.5. The molecule has 0 spiro atoms. The van der Waals surface area contributed by atoms with E-state index in [1.807, 2.05) is 0 Å². The molecule has 0 amide bonds. The van der Waals surface area contributed by atoms with Gasteiger partial charge in [0.1, 0.15) is 6.07 Å². The van der Waals surface area contributed by atoms with Crippen LogP contribution in [0.5, 0.6) is 0 Å². The topological polar surface area (TPSA) is 27.0 Å². The maximum atomic E-state index is 9.89. The minimum absolute atomic E-state index is 0.426. The summed E-state index contributed by atoms with van der Waals surface area (Å²) in [7, 11) is 0. The highest BCUT2D eigenvalue weighted by Crippen LogP contribution is 2.39. The number of hydrogen-bond donors (Lipinski definition) is 0. The third-order valence-electron chi connectivity index (χ3n) is 5.88. The maximum Gasteiger partial charge on any atom is 0.101 e. The highest BCUT2D eigenvalue weighted by atomic mass is 32.1. The van der Waals surface area contributed by atoms with E-state index in [0.717, 1.165) is 43.1 Å². The van der Waals surface area contributed by atoms with Crippen molar-refractivity contribution in [2.75, 3.05) is 18.0 Å². The number of thiophene rings is 1. The average Bonchev–Trinajstić information content (AvgIpc) is 3.22. The fourth-order valence-corrected chi connectivity index (χ4v) is 4.80. The smallest absolute Gasteiger partial charge is 0.101 e. The molecule has 1 aliphatic heterocycles. The summed E-state index contributed by atoms with van der Waals surface area (Å²) >= 11 is 1.79. The van der Waals surface area contributed by atoms with E-state index in [1.54, 1.807) is 11.3 Å². The van der Waals surface area contributed by atoms with Crippen molar-refractivity contribution >= 4 is 17.0 Å². The zero-order valence-corrected chi connectivity index (χ0v) is 18.5. The van der Waals surface area contributed by atoms with Crippen molar-refractivity contribution in [2.45, 2.75) is 59.3 Å². The fraction of sp³-hybridized carbons (Fsp3) is 0.480. The Morgan fingerprint density at radius 3 is 2.68 bits per heavy atom. The molecular weight excluding hydrogens is 360 g/mol. The van der Waals surface area contributed by atoms with E-state index in [1.165, 1.54) is 34.4 Å². The molecule has 0 bridgehead atoms. The Bertz CT molecular complexity index is 845. The molecule has 1 saturated heterocycles. The summed E-state index contributed by atoms with van der Waals surface area (Å²) in [4.78, 5) is 3.73. The van der Waals surface area contributed by atoms with Gasteiger partial charge < -0.3 is 4.90 Å². The van der Waals surface area contributed by atoms with Crippen LogP contribution < -0.4 is 4.90 Å². The lowest BCUT2D eigenvalue weighted by Gasteiger charge is -2.33. The van der Waals surface area contributed by atoms with E-state index in [9.17, 15) is 5.26 Å². The van der Waals surface area contributed by atoms with Gasteiger partial charge in [-0.15, -0.1) is 11.3 Å². The Hall–Kier alpha value is -2.05. The summed E-state index contributed by atoms with van der Waals surface area (Å²) in [6.07, 6.45) is 6.92. The molecule has 148 valence electrons. The molecule has 0 N–H and O–H groups in total. The molecular formula is C25H32N2S. The third-order valence-corrected chi connectivity index (χ3v) is 6.79. The van der Waals surface area contributed by atoms with Crippen LogP contribution >= 0.6 is 11.3 Å². The van der Waals surface area contributed by atoms with Crippen molar-refractivity contribution in [1.82, 2.24) is 0 Å². The molecule has 1 fully saturated rings. The first-order valence-corrected chi connectivity index (χ1v) is 11.4. The quantitative estimate of drug-likeness (QED) is 0.480. The molecule has 28 heavy (non-hydrogen) atoms. The molecule has 2 aromatic rings. The average molecular weight is 393 g/mol. The first kappa shape index (κ1) is 20.7. The van der Waals surface area contributed by atoms with Crippen LogP contribution in [0.3, 0.4) is 0 Å². The van der Waals surface area contributed by atoms with E-state index in [-0.39, 0.29) is 0 Å². The van der Waals surface area contributed by atoms with Gasteiger partial charge in [0, 0.05) is 18.0 Å². The van der Waals surface area contributed by atoms with Gasteiger partial charge in [0.05, 0.1) is 11.3 Å². The second-order valence-electron chi connectivity index (χ2n) is 8.48. The predicted octanol–water partition coefficient (Wildman–Crippen LogP) is 7.37. The zero-order chi connectivity index (χ0) is 20.1. The maximum absolute atomic E-state index is 9.89. The van der Waals surface area contributed by atoms with Gasteiger partial charge in [-0.3, -0.25) is 0 Å². The van der Waals surface area contributed by atoms with Crippen molar-refractivity contribution in [3.05, 3.63) is 52.4 Å². The molecule has 1 atom stereocenters. The lowest BCUT2D eigenvalue weighted by atomic mass is 9.88. The van der Waals surface area contributed by atoms with Gasteiger partial charge in [-0.1, -0.05) is 31.6 Å². The number of anilines is 1. The summed E-state index contributed by atoms with van der Waals surface area (Å²) < 4.78 is 0. The number of hydrogen-bond acceptors (Lipinski definition) is 3. The van der Waals surface area contributed by atoms with E-state index in [4.69, 9.17) is 0 Å². The highest BCUT2D eigenvalue weighted by Gasteiger charge is 2.22. The van der Waals surface area contributed by atoms with Crippen molar-refractivity contribution in [1.29, 1.82) is 5.26 Å². The molecule has 2 nitrogen and oxygen atoms in total. The normalized spacial score (nSPS) is 15.9. The van der Waals surface area contributed by atoms with Crippen molar-refractivity contribution < 1.29 is 0 Å². The van der Waals surface area contributed by atoms with Gasteiger partial charge in [-0.05, 0) is 86.1 Å². The van der Waals surface area contributed by atoms with Crippen LogP contribution in [0, 0.1) is 17.2 Å². The molecule has 0 saturated carbocycles. The van der Waals surface area contributed by atoms with Gasteiger partial charge >= 0.3 is 0 Å². The molecule has 2 heterocycles. The van der Waals surface area contributed by atoms with Crippen LogP contribution in [0.2, 0.25) is 0 Å². The molecule has 3 rings (SSSR count). The minimum Gasteiger partial charge on any atom is -0.370 e. The van der Waals surface area contributed by atoms with Gasteiger partial charge in [0.25, 0.3) is 0 Å². The Morgan fingerprint density at radius 1 is 1.32 bits per heavy atom. The molecule has 1 aliphatic rings. The van der Waals surface area contributed by atoms with Crippen LogP contribution in [-0.2, 0) is 0 Å². The summed E-state index contributed by atoms with van der Waals surface area (Å²) in [6, 6.07) is 11.3. The lowest BCUT2D eigenvalue weighted by Crippen LogP contribution is -2.33. The number of allylic oxidation sites excluding steroid dienone is 2.